The van der Waals surface area contributed by atoms with Gasteiger partial charge in [-0.05, 0) is 5.46 Å². The van der Waals surface area contributed by atoms with Crippen LogP contribution in [0.4, 0.5) is 5.69 Å². The van der Waals surface area contributed by atoms with Crippen molar-refractivity contribution >= 4 is 68.8 Å². The molecule has 64 valence electrons. The van der Waals surface area contributed by atoms with Gasteiger partial charge in [0.25, 0.3) is 5.69 Å². The topological polar surface area (TPSA) is 43.1 Å². The largest absolute Gasteiger partial charge is 0.279 e. The molecule has 6 radical (unpaired) electrons. The molecule has 0 fully saturated rings. The molecule has 0 unspecified atom stereocenters. The summed E-state index contributed by atoms with van der Waals surface area (Å²) < 4.78 is 0. The molecule has 8 heteroatoms. The third kappa shape index (κ3) is 1.64. The number of hydrogen-bond acceptors (Lipinski definition) is 2. The summed E-state index contributed by atoms with van der Waals surface area (Å²) in [5, 5.41) is 10.2. The minimum absolute atomic E-state index is 0.0712. The fourth-order valence-electron chi connectivity index (χ4n) is 0.912. The summed E-state index contributed by atoms with van der Waals surface area (Å²) in [6.07, 6.45) is 0. The molecule has 1 aromatic rings. The first-order chi connectivity index (χ1) is 6.37. The van der Waals surface area contributed by atoms with Crippen molar-refractivity contribution in [2.24, 2.45) is 0 Å². The van der Waals surface area contributed by atoms with Gasteiger partial charge in [-0.1, -0.05) is 34.1 Å². The second-order valence-corrected chi connectivity index (χ2v) is 3.23. The molecule has 0 atom stereocenters. The first-order valence-corrected chi connectivity index (χ1v) is 4.09. The van der Waals surface area contributed by atoms with E-state index in [4.69, 9.17) is 46.7 Å². The Bertz CT molecular complexity index is 395. The molecule has 0 aliphatic heterocycles. The van der Waals surface area contributed by atoms with Crippen LogP contribution >= 0.6 is 23.2 Å². The molecule has 0 aromatic heterocycles. The van der Waals surface area contributed by atoms with E-state index < -0.39 is 10.6 Å². The quantitative estimate of drug-likeness (QED) is 0.357. The van der Waals surface area contributed by atoms with E-state index in [1.165, 1.54) is 0 Å². The van der Waals surface area contributed by atoms with Crippen LogP contribution in [0.5, 0.6) is 0 Å². The Morgan fingerprint density at radius 1 is 1.00 bits per heavy atom. The number of nitro groups is 1. The van der Waals surface area contributed by atoms with Crippen molar-refractivity contribution in [1.29, 1.82) is 0 Å². The summed E-state index contributed by atoms with van der Waals surface area (Å²) in [4.78, 5) is 9.78. The van der Waals surface area contributed by atoms with E-state index in [0.717, 1.165) is 0 Å². The number of hydrogen-bond donors (Lipinski definition) is 0. The molecule has 0 saturated heterocycles. The van der Waals surface area contributed by atoms with Crippen molar-refractivity contribution in [3.8, 4) is 0 Å². The van der Waals surface area contributed by atoms with Crippen molar-refractivity contribution < 1.29 is 4.92 Å². The fraction of sp³-hybridized carbons (Fsp3) is 0. The van der Waals surface area contributed by atoms with E-state index in [0.29, 0.717) is 0 Å². The number of nitro benzene ring substituents is 1. The maximum Gasteiger partial charge on any atom is 0.279 e. The van der Waals surface area contributed by atoms with E-state index in [1.54, 1.807) is 0 Å². The average Bonchev–Trinajstić information content (AvgIpc) is 2.11. The van der Waals surface area contributed by atoms with Crippen molar-refractivity contribution in [3.63, 3.8) is 0 Å². The van der Waals surface area contributed by atoms with E-state index in [-0.39, 0.29) is 26.4 Å². The summed E-state index contributed by atoms with van der Waals surface area (Å²) in [5.41, 5.74) is -1.09. The summed E-state index contributed by atoms with van der Waals surface area (Å²) in [6, 6.07) is 0. The van der Waals surface area contributed by atoms with Crippen molar-refractivity contribution in [3.05, 3.63) is 20.2 Å². The lowest BCUT2D eigenvalue weighted by Crippen LogP contribution is -2.34. The molecule has 3 nitrogen and oxygen atoms in total. The molecule has 0 bridgehead atoms. The Labute approximate surface area is 94.1 Å². The Hall–Kier alpha value is -0.605. The normalized spacial score (nSPS) is 10.1. The Kier molecular flexibility index (Phi) is 3.17. The molecule has 0 heterocycles. The molecule has 1 aromatic carbocycles. The molecular weight excluding hydrogens is 221 g/mol. The predicted octanol–water partition coefficient (Wildman–Crippen LogP) is -0.717. The minimum Gasteiger partial charge on any atom is -0.258 e. The highest BCUT2D eigenvalue weighted by atomic mass is 35.5. The second kappa shape index (κ2) is 3.87. The minimum atomic E-state index is -0.763. The highest BCUT2D eigenvalue weighted by Crippen LogP contribution is 2.20. The zero-order chi connectivity index (χ0) is 11.0. The van der Waals surface area contributed by atoms with Crippen LogP contribution in [0.25, 0.3) is 0 Å². The van der Waals surface area contributed by atoms with Crippen LogP contribution < -0.4 is 16.4 Å². The van der Waals surface area contributed by atoms with E-state index in [2.05, 4.69) is 0 Å². The van der Waals surface area contributed by atoms with E-state index >= 15 is 0 Å². The Morgan fingerprint density at radius 3 is 1.93 bits per heavy atom. The molecular formula is C6B3Cl2NO2. The van der Waals surface area contributed by atoms with Crippen LogP contribution in [0.3, 0.4) is 0 Å². The van der Waals surface area contributed by atoms with Gasteiger partial charge < -0.3 is 0 Å². The van der Waals surface area contributed by atoms with Crippen molar-refractivity contribution in [2.75, 3.05) is 0 Å². The zero-order valence-corrected chi connectivity index (χ0v) is 8.26. The lowest BCUT2D eigenvalue weighted by atomic mass is 9.75. The monoisotopic (exact) mass is 221 g/mol. The standard InChI is InChI=1S/C6B3Cl2NO2/c7-1-2(8)6(12(13)14)5(11)3(9)4(1)10. The van der Waals surface area contributed by atoms with Crippen LogP contribution in [-0.4, -0.2) is 28.5 Å². The maximum atomic E-state index is 10.5. The lowest BCUT2D eigenvalue weighted by molar-refractivity contribution is -0.383. The summed E-state index contributed by atoms with van der Waals surface area (Å²) in [5.74, 6) is 0. The fourth-order valence-corrected chi connectivity index (χ4v) is 1.42. The van der Waals surface area contributed by atoms with Gasteiger partial charge in [0.2, 0.25) is 0 Å². The van der Waals surface area contributed by atoms with Crippen LogP contribution in [0, 0.1) is 10.1 Å². The summed E-state index contributed by atoms with van der Waals surface area (Å²) in [7, 11) is 16.1. The van der Waals surface area contributed by atoms with Gasteiger partial charge in [0.05, 0.1) is 4.92 Å². The first kappa shape index (κ1) is 11.5. The first-order valence-electron chi connectivity index (χ1n) is 3.33. The molecule has 0 amide bonds. The molecule has 0 saturated carbocycles. The molecule has 0 aliphatic rings. The number of halogens is 2. The van der Waals surface area contributed by atoms with Crippen LogP contribution in [0.15, 0.2) is 0 Å². The SMILES string of the molecule is [B]c1c([B])c([N+](=O)[O-])c(Cl)c([B])c1Cl. The smallest absolute Gasteiger partial charge is 0.258 e. The van der Waals surface area contributed by atoms with Crippen molar-refractivity contribution in [1.82, 2.24) is 0 Å². The lowest BCUT2D eigenvalue weighted by Gasteiger charge is -2.10. The van der Waals surface area contributed by atoms with Gasteiger partial charge >= 0.3 is 0 Å². The Balaban J connectivity index is 3.68. The number of benzene rings is 1. The third-order valence-electron chi connectivity index (χ3n) is 1.65. The highest BCUT2D eigenvalue weighted by Gasteiger charge is 2.21. The van der Waals surface area contributed by atoms with Gasteiger partial charge in [-0.2, -0.15) is 0 Å². The average molecular weight is 221 g/mol. The molecule has 0 aliphatic carbocycles. The van der Waals surface area contributed by atoms with Crippen molar-refractivity contribution in [2.45, 2.75) is 0 Å². The third-order valence-corrected chi connectivity index (χ3v) is 2.43. The molecule has 1 rings (SSSR count). The maximum absolute atomic E-state index is 10.5. The van der Waals surface area contributed by atoms with Gasteiger partial charge in [-0.25, -0.2) is 0 Å². The number of rotatable bonds is 1. The summed E-state index contributed by atoms with van der Waals surface area (Å²) in [6.45, 7) is 0. The predicted molar refractivity (Wildman–Crippen MR) is 59.3 cm³/mol. The highest BCUT2D eigenvalue weighted by molar-refractivity contribution is 6.63. The van der Waals surface area contributed by atoms with E-state index in [9.17, 15) is 10.1 Å². The zero-order valence-electron chi connectivity index (χ0n) is 6.75. The van der Waals surface area contributed by atoms with Crippen LogP contribution in [-0.2, 0) is 0 Å². The van der Waals surface area contributed by atoms with Gasteiger partial charge in [0.1, 0.15) is 28.6 Å². The van der Waals surface area contributed by atoms with Crippen LogP contribution in [0.1, 0.15) is 0 Å². The molecule has 0 N–H and O–H groups in total. The van der Waals surface area contributed by atoms with E-state index in [1.807, 2.05) is 0 Å². The van der Waals surface area contributed by atoms with Gasteiger partial charge in [0.15, 0.2) is 0 Å². The number of nitrogens with zero attached hydrogens (tertiary/aromatic N) is 1. The second-order valence-electron chi connectivity index (χ2n) is 2.47. The Morgan fingerprint density at radius 2 is 1.50 bits per heavy atom. The van der Waals surface area contributed by atoms with Gasteiger partial charge in [-0.3, -0.25) is 10.1 Å². The van der Waals surface area contributed by atoms with Crippen LogP contribution in [0.2, 0.25) is 10.0 Å². The molecule has 14 heavy (non-hydrogen) atoms. The van der Waals surface area contributed by atoms with Gasteiger partial charge in [-0.15, -0.1) is 0 Å². The van der Waals surface area contributed by atoms with Gasteiger partial charge in [0, 0.05) is 5.02 Å². The summed E-state index contributed by atoms with van der Waals surface area (Å²) >= 11 is 11.2. The molecule has 0 spiro atoms.